The van der Waals surface area contributed by atoms with Crippen molar-refractivity contribution in [2.75, 3.05) is 29.9 Å². The third-order valence-corrected chi connectivity index (χ3v) is 3.62. The van der Waals surface area contributed by atoms with Gasteiger partial charge in [0.1, 0.15) is 0 Å². The summed E-state index contributed by atoms with van der Waals surface area (Å²) in [6.07, 6.45) is 3.53. The monoisotopic (exact) mass is 274 g/mol. The first-order valence-corrected chi connectivity index (χ1v) is 6.77. The number of fused-ring (bicyclic) bond motifs is 1. The lowest BCUT2D eigenvalue weighted by atomic mass is 10.2. The number of alkyl halides is 1. The van der Waals surface area contributed by atoms with E-state index >= 15 is 0 Å². The Balaban J connectivity index is 1.99. The molecule has 0 radical (unpaired) electrons. The van der Waals surface area contributed by atoms with Gasteiger partial charge in [0.25, 0.3) is 0 Å². The Morgan fingerprint density at radius 1 is 1.11 bits per heavy atom. The summed E-state index contributed by atoms with van der Waals surface area (Å²) in [7, 11) is 2.11. The maximum atomic E-state index is 5.74. The van der Waals surface area contributed by atoms with E-state index in [1.807, 2.05) is 6.07 Å². The van der Waals surface area contributed by atoms with Crippen LogP contribution in [0.4, 0.5) is 17.2 Å². The highest BCUT2D eigenvalue weighted by atomic mass is 35.5. The number of aromatic nitrogens is 2. The molecule has 2 aromatic rings. The van der Waals surface area contributed by atoms with Crippen molar-refractivity contribution in [1.29, 1.82) is 0 Å². The van der Waals surface area contributed by atoms with Crippen LogP contribution in [-0.2, 0) is 5.88 Å². The van der Waals surface area contributed by atoms with Gasteiger partial charge < -0.3 is 9.80 Å². The molecule has 2 heterocycles. The van der Waals surface area contributed by atoms with Gasteiger partial charge in [0.05, 0.1) is 35.3 Å². The third-order valence-electron chi connectivity index (χ3n) is 3.35. The van der Waals surface area contributed by atoms with Crippen molar-refractivity contribution in [2.45, 2.75) is 5.88 Å². The first kappa shape index (κ1) is 12.2. The smallest absolute Gasteiger partial charge is 0.151 e. The molecule has 0 aliphatic carbocycles. The minimum Gasteiger partial charge on any atom is -0.371 e. The van der Waals surface area contributed by atoms with E-state index in [1.165, 1.54) is 11.4 Å². The first-order valence-electron chi connectivity index (χ1n) is 6.24. The van der Waals surface area contributed by atoms with Crippen molar-refractivity contribution in [1.82, 2.24) is 9.97 Å². The highest BCUT2D eigenvalue weighted by Gasteiger charge is 2.21. The lowest BCUT2D eigenvalue weighted by Gasteiger charge is -2.36. The van der Waals surface area contributed by atoms with Crippen molar-refractivity contribution in [3.05, 3.63) is 42.4 Å². The molecule has 1 aromatic heterocycles. The third kappa shape index (κ3) is 2.24. The van der Waals surface area contributed by atoms with Gasteiger partial charge in [-0.2, -0.15) is 0 Å². The molecule has 0 spiro atoms. The molecule has 1 aliphatic rings. The summed E-state index contributed by atoms with van der Waals surface area (Å²) in [5.41, 5.74) is 3.19. The zero-order valence-electron chi connectivity index (χ0n) is 10.8. The fourth-order valence-electron chi connectivity index (χ4n) is 2.30. The summed E-state index contributed by atoms with van der Waals surface area (Å²) >= 11 is 5.74. The van der Waals surface area contributed by atoms with Gasteiger partial charge in [-0.1, -0.05) is 12.1 Å². The number of hydrogen-bond acceptors (Lipinski definition) is 4. The van der Waals surface area contributed by atoms with Crippen LogP contribution in [0.15, 0.2) is 36.7 Å². The second kappa shape index (κ2) is 5.05. The molecule has 0 N–H and O–H groups in total. The van der Waals surface area contributed by atoms with E-state index in [1.54, 1.807) is 12.4 Å². The Morgan fingerprint density at radius 2 is 1.89 bits per heavy atom. The van der Waals surface area contributed by atoms with Gasteiger partial charge in [-0.3, -0.25) is 4.98 Å². The summed E-state index contributed by atoms with van der Waals surface area (Å²) in [5, 5.41) is 0. The maximum absolute atomic E-state index is 5.74. The highest BCUT2D eigenvalue weighted by Crippen LogP contribution is 2.35. The van der Waals surface area contributed by atoms with Gasteiger partial charge in [0.15, 0.2) is 5.82 Å². The van der Waals surface area contributed by atoms with Crippen LogP contribution >= 0.6 is 11.6 Å². The Bertz CT molecular complexity index is 570. The van der Waals surface area contributed by atoms with E-state index in [9.17, 15) is 0 Å². The molecule has 3 rings (SSSR count). The average molecular weight is 275 g/mol. The van der Waals surface area contributed by atoms with Crippen LogP contribution in [0.25, 0.3) is 0 Å². The molecule has 19 heavy (non-hydrogen) atoms. The van der Waals surface area contributed by atoms with E-state index in [0.29, 0.717) is 5.88 Å². The molecule has 0 fully saturated rings. The topological polar surface area (TPSA) is 32.3 Å². The zero-order chi connectivity index (χ0) is 13.2. The molecule has 98 valence electrons. The lowest BCUT2D eigenvalue weighted by Crippen LogP contribution is -2.36. The number of benzene rings is 1. The van der Waals surface area contributed by atoms with Crippen LogP contribution < -0.4 is 9.80 Å². The van der Waals surface area contributed by atoms with Crippen LogP contribution in [0.5, 0.6) is 0 Å². The number of rotatable bonds is 2. The number of para-hydroxylation sites is 2. The normalized spacial score (nSPS) is 14.4. The molecule has 4 nitrogen and oxygen atoms in total. The Morgan fingerprint density at radius 3 is 2.58 bits per heavy atom. The molecule has 0 unspecified atom stereocenters. The van der Waals surface area contributed by atoms with Crippen molar-refractivity contribution in [3.63, 3.8) is 0 Å². The fourth-order valence-corrected chi connectivity index (χ4v) is 2.44. The predicted molar refractivity (Wildman–Crippen MR) is 78.3 cm³/mol. The molecule has 5 heteroatoms. The summed E-state index contributed by atoms with van der Waals surface area (Å²) < 4.78 is 0. The first-order chi connectivity index (χ1) is 9.29. The van der Waals surface area contributed by atoms with E-state index in [-0.39, 0.29) is 0 Å². The highest BCUT2D eigenvalue weighted by molar-refractivity contribution is 6.16. The van der Waals surface area contributed by atoms with Gasteiger partial charge in [0, 0.05) is 20.1 Å². The SMILES string of the molecule is CN1CCN(c2cnc(CCl)cn2)c2ccccc21. The van der Waals surface area contributed by atoms with Crippen LogP contribution in [-0.4, -0.2) is 30.1 Å². The summed E-state index contributed by atoms with van der Waals surface area (Å²) in [6.45, 7) is 1.87. The fraction of sp³-hybridized carbons (Fsp3) is 0.286. The number of nitrogens with zero attached hydrogens (tertiary/aromatic N) is 4. The molecular weight excluding hydrogens is 260 g/mol. The van der Waals surface area contributed by atoms with Crippen LogP contribution in [0.1, 0.15) is 5.69 Å². The van der Waals surface area contributed by atoms with Gasteiger partial charge >= 0.3 is 0 Å². The molecule has 1 aromatic carbocycles. The quantitative estimate of drug-likeness (QED) is 0.789. The van der Waals surface area contributed by atoms with E-state index < -0.39 is 0 Å². The molecular formula is C14H15ClN4. The van der Waals surface area contributed by atoms with Crippen molar-refractivity contribution < 1.29 is 0 Å². The molecule has 0 amide bonds. The Labute approximate surface area is 117 Å². The largest absolute Gasteiger partial charge is 0.371 e. The van der Waals surface area contributed by atoms with Gasteiger partial charge in [0.2, 0.25) is 0 Å². The lowest BCUT2D eigenvalue weighted by molar-refractivity contribution is 0.809. The molecule has 0 saturated heterocycles. The minimum atomic E-state index is 0.395. The van der Waals surface area contributed by atoms with Gasteiger partial charge in [-0.25, -0.2) is 4.98 Å². The minimum absolute atomic E-state index is 0.395. The summed E-state index contributed by atoms with van der Waals surface area (Å²) in [6, 6.07) is 8.34. The number of anilines is 3. The second-order valence-corrected chi connectivity index (χ2v) is 4.83. The summed E-state index contributed by atoms with van der Waals surface area (Å²) in [4.78, 5) is 13.2. The van der Waals surface area contributed by atoms with Crippen molar-refractivity contribution in [2.24, 2.45) is 0 Å². The van der Waals surface area contributed by atoms with E-state index in [2.05, 4.69) is 45.0 Å². The number of hydrogen-bond donors (Lipinski definition) is 0. The van der Waals surface area contributed by atoms with Gasteiger partial charge in [-0.15, -0.1) is 11.6 Å². The Hall–Kier alpha value is -1.81. The average Bonchev–Trinajstić information content (AvgIpc) is 2.48. The standard InChI is InChI=1S/C14H15ClN4/c1-18-6-7-19(13-5-3-2-4-12(13)18)14-10-16-11(8-15)9-17-14/h2-5,9-10H,6-8H2,1H3. The van der Waals surface area contributed by atoms with Crippen LogP contribution in [0.3, 0.4) is 0 Å². The zero-order valence-corrected chi connectivity index (χ0v) is 11.5. The number of halogens is 1. The predicted octanol–water partition coefficient (Wildman–Crippen LogP) is 2.80. The van der Waals surface area contributed by atoms with Crippen molar-refractivity contribution >= 4 is 28.8 Å². The van der Waals surface area contributed by atoms with Crippen LogP contribution in [0, 0.1) is 0 Å². The van der Waals surface area contributed by atoms with Gasteiger partial charge in [-0.05, 0) is 12.1 Å². The molecule has 0 atom stereocenters. The molecule has 1 aliphatic heterocycles. The van der Waals surface area contributed by atoms with E-state index in [4.69, 9.17) is 11.6 Å². The van der Waals surface area contributed by atoms with E-state index in [0.717, 1.165) is 24.6 Å². The van der Waals surface area contributed by atoms with Crippen molar-refractivity contribution in [3.8, 4) is 0 Å². The number of likely N-dealkylation sites (N-methyl/N-ethyl adjacent to an activating group) is 1. The summed E-state index contributed by atoms with van der Waals surface area (Å²) in [5.74, 6) is 1.27. The van der Waals surface area contributed by atoms with Crippen LogP contribution in [0.2, 0.25) is 0 Å². The molecule has 0 bridgehead atoms. The Kier molecular flexibility index (Phi) is 3.25. The molecule has 0 saturated carbocycles. The second-order valence-electron chi connectivity index (χ2n) is 4.56. The maximum Gasteiger partial charge on any atom is 0.151 e.